The van der Waals surface area contributed by atoms with Crippen LogP contribution in [0.15, 0.2) is 18.2 Å². The van der Waals surface area contributed by atoms with Crippen molar-refractivity contribution in [1.29, 1.82) is 0 Å². The zero-order valence-electron chi connectivity index (χ0n) is 9.71. The molecule has 2 N–H and O–H groups in total. The van der Waals surface area contributed by atoms with Crippen molar-refractivity contribution in [1.82, 2.24) is 10.6 Å². The van der Waals surface area contributed by atoms with Gasteiger partial charge in [0.2, 0.25) is 0 Å². The molecular weight excluding hydrogens is 259 g/mol. The summed E-state index contributed by atoms with van der Waals surface area (Å²) in [5.41, 5.74) is 0.345. The second-order valence-corrected chi connectivity index (χ2v) is 4.47. The van der Waals surface area contributed by atoms with Crippen molar-refractivity contribution in [3.8, 4) is 0 Å². The van der Waals surface area contributed by atoms with Gasteiger partial charge in [0.05, 0.1) is 18.2 Å². The highest BCUT2D eigenvalue weighted by Gasteiger charge is 2.15. The number of ether oxygens (including phenoxy) is 1. The Labute approximate surface area is 109 Å². The van der Waals surface area contributed by atoms with E-state index < -0.39 is 5.82 Å². The average molecular weight is 273 g/mol. The lowest BCUT2D eigenvalue weighted by atomic mass is 10.2. The first-order valence-electron chi connectivity index (χ1n) is 5.71. The monoisotopic (exact) mass is 272 g/mol. The molecule has 98 valence electrons. The minimum absolute atomic E-state index is 0.0539. The maximum absolute atomic E-state index is 12.9. The number of hydrogen-bond donors (Lipinski definition) is 2. The lowest BCUT2D eigenvalue weighted by Crippen LogP contribution is -2.48. The number of carbonyl (C=O) groups excluding carboxylic acids is 1. The molecule has 0 aromatic heterocycles. The fourth-order valence-electron chi connectivity index (χ4n) is 1.71. The summed E-state index contributed by atoms with van der Waals surface area (Å²) in [6.07, 6.45) is 0. The predicted molar refractivity (Wildman–Crippen MR) is 66.4 cm³/mol. The minimum Gasteiger partial charge on any atom is -0.378 e. The average Bonchev–Trinajstić information content (AvgIpc) is 2.40. The number of benzene rings is 1. The van der Waals surface area contributed by atoms with Crippen LogP contribution in [0.25, 0.3) is 0 Å². The smallest absolute Gasteiger partial charge is 0.251 e. The summed E-state index contributed by atoms with van der Waals surface area (Å²) in [7, 11) is 0. The number of carbonyl (C=O) groups is 1. The standard InChI is InChI=1S/C12H14ClFN2O2/c13-10-5-8(1-2-11(10)14)12(17)16-6-9-7-18-4-3-15-9/h1-2,5,9,15H,3-4,6-7H2,(H,16,17). The molecule has 1 saturated heterocycles. The van der Waals surface area contributed by atoms with Crippen molar-refractivity contribution >= 4 is 17.5 Å². The van der Waals surface area contributed by atoms with Crippen molar-refractivity contribution in [2.24, 2.45) is 0 Å². The van der Waals surface area contributed by atoms with E-state index in [0.29, 0.717) is 25.3 Å². The Morgan fingerprint density at radius 1 is 1.61 bits per heavy atom. The second kappa shape index (κ2) is 6.13. The Bertz CT molecular complexity index is 436. The molecule has 1 aromatic carbocycles. The van der Waals surface area contributed by atoms with E-state index in [4.69, 9.17) is 16.3 Å². The Kier molecular flexibility index (Phi) is 4.52. The zero-order valence-corrected chi connectivity index (χ0v) is 10.5. The van der Waals surface area contributed by atoms with Gasteiger partial charge in [-0.05, 0) is 18.2 Å². The van der Waals surface area contributed by atoms with Crippen LogP contribution >= 0.6 is 11.6 Å². The van der Waals surface area contributed by atoms with Crippen LogP contribution in [0, 0.1) is 5.82 Å². The van der Waals surface area contributed by atoms with Crippen molar-refractivity contribution in [3.05, 3.63) is 34.6 Å². The van der Waals surface area contributed by atoms with Gasteiger partial charge in [0.25, 0.3) is 5.91 Å². The molecule has 1 aromatic rings. The molecule has 1 amide bonds. The Morgan fingerprint density at radius 2 is 2.44 bits per heavy atom. The molecule has 1 fully saturated rings. The van der Waals surface area contributed by atoms with Crippen molar-refractivity contribution in [2.75, 3.05) is 26.3 Å². The van der Waals surface area contributed by atoms with E-state index in [0.717, 1.165) is 6.54 Å². The topological polar surface area (TPSA) is 50.4 Å². The van der Waals surface area contributed by atoms with Gasteiger partial charge in [0, 0.05) is 24.7 Å². The molecule has 6 heteroatoms. The summed E-state index contributed by atoms with van der Waals surface area (Å²) in [6.45, 7) is 2.51. The molecule has 1 aliphatic rings. The van der Waals surface area contributed by atoms with Gasteiger partial charge in [0.15, 0.2) is 0 Å². The molecule has 0 saturated carbocycles. The number of halogens is 2. The largest absolute Gasteiger partial charge is 0.378 e. The molecule has 1 unspecified atom stereocenters. The maximum atomic E-state index is 12.9. The quantitative estimate of drug-likeness (QED) is 0.869. The van der Waals surface area contributed by atoms with E-state index in [9.17, 15) is 9.18 Å². The normalized spacial score (nSPS) is 19.6. The van der Waals surface area contributed by atoms with Crippen LogP contribution in [-0.4, -0.2) is 38.3 Å². The first-order chi connectivity index (χ1) is 8.66. The summed E-state index contributed by atoms with van der Waals surface area (Å²) < 4.78 is 18.2. The minimum atomic E-state index is -0.532. The molecule has 0 bridgehead atoms. The van der Waals surface area contributed by atoms with Crippen molar-refractivity contribution in [3.63, 3.8) is 0 Å². The Balaban J connectivity index is 1.88. The zero-order chi connectivity index (χ0) is 13.0. The van der Waals surface area contributed by atoms with E-state index in [2.05, 4.69) is 10.6 Å². The van der Waals surface area contributed by atoms with Crippen molar-refractivity contribution < 1.29 is 13.9 Å². The van der Waals surface area contributed by atoms with Gasteiger partial charge in [-0.1, -0.05) is 11.6 Å². The summed E-state index contributed by atoms with van der Waals surface area (Å²) in [5, 5.41) is 5.92. The first kappa shape index (κ1) is 13.3. The lowest BCUT2D eigenvalue weighted by molar-refractivity contribution is 0.0734. The highest BCUT2D eigenvalue weighted by Crippen LogP contribution is 2.15. The second-order valence-electron chi connectivity index (χ2n) is 4.06. The van der Waals surface area contributed by atoms with Crippen LogP contribution < -0.4 is 10.6 Å². The van der Waals surface area contributed by atoms with Crippen LogP contribution in [0.1, 0.15) is 10.4 Å². The lowest BCUT2D eigenvalue weighted by Gasteiger charge is -2.23. The van der Waals surface area contributed by atoms with Gasteiger partial charge in [0.1, 0.15) is 5.82 Å². The first-order valence-corrected chi connectivity index (χ1v) is 6.09. The van der Waals surface area contributed by atoms with E-state index in [-0.39, 0.29) is 17.0 Å². The summed E-state index contributed by atoms with van der Waals surface area (Å²) >= 11 is 5.62. The molecule has 0 spiro atoms. The molecule has 0 radical (unpaired) electrons. The van der Waals surface area contributed by atoms with E-state index in [1.54, 1.807) is 0 Å². The van der Waals surface area contributed by atoms with Gasteiger partial charge in [-0.15, -0.1) is 0 Å². The van der Waals surface area contributed by atoms with E-state index in [1.807, 2.05) is 0 Å². The summed E-state index contributed by atoms with van der Waals surface area (Å²) in [5.74, 6) is -0.806. The fourth-order valence-corrected chi connectivity index (χ4v) is 1.89. The van der Waals surface area contributed by atoms with Gasteiger partial charge in [-0.2, -0.15) is 0 Å². The molecule has 18 heavy (non-hydrogen) atoms. The highest BCUT2D eigenvalue weighted by atomic mass is 35.5. The van der Waals surface area contributed by atoms with Crippen LogP contribution in [0.5, 0.6) is 0 Å². The van der Waals surface area contributed by atoms with Crippen LogP contribution in [-0.2, 0) is 4.74 Å². The third-order valence-corrected chi connectivity index (χ3v) is 2.98. The number of rotatable bonds is 3. The van der Waals surface area contributed by atoms with E-state index in [1.165, 1.54) is 18.2 Å². The molecule has 1 aliphatic heterocycles. The Morgan fingerprint density at radius 3 is 3.11 bits per heavy atom. The maximum Gasteiger partial charge on any atom is 0.251 e. The molecule has 4 nitrogen and oxygen atoms in total. The number of amides is 1. The third kappa shape index (κ3) is 3.41. The SMILES string of the molecule is O=C(NCC1COCCN1)c1ccc(F)c(Cl)c1. The van der Waals surface area contributed by atoms with E-state index >= 15 is 0 Å². The predicted octanol–water partition coefficient (Wildman–Crippen LogP) is 1.20. The molecule has 1 atom stereocenters. The Hall–Kier alpha value is -1.17. The van der Waals surface area contributed by atoms with Gasteiger partial charge >= 0.3 is 0 Å². The summed E-state index contributed by atoms with van der Waals surface area (Å²) in [6, 6.07) is 4.01. The number of morpholine rings is 1. The van der Waals surface area contributed by atoms with Crippen LogP contribution in [0.4, 0.5) is 4.39 Å². The van der Waals surface area contributed by atoms with Gasteiger partial charge < -0.3 is 15.4 Å². The molecular formula is C12H14ClFN2O2. The van der Waals surface area contributed by atoms with Gasteiger partial charge in [-0.3, -0.25) is 4.79 Å². The van der Waals surface area contributed by atoms with Gasteiger partial charge in [-0.25, -0.2) is 4.39 Å². The molecule has 1 heterocycles. The van der Waals surface area contributed by atoms with Crippen molar-refractivity contribution in [2.45, 2.75) is 6.04 Å². The van der Waals surface area contributed by atoms with Crippen LogP contribution in [0.3, 0.4) is 0 Å². The van der Waals surface area contributed by atoms with Crippen LogP contribution in [0.2, 0.25) is 5.02 Å². The fraction of sp³-hybridized carbons (Fsp3) is 0.417. The number of hydrogen-bond acceptors (Lipinski definition) is 3. The highest BCUT2D eigenvalue weighted by molar-refractivity contribution is 6.31. The molecule has 0 aliphatic carbocycles. The molecule has 2 rings (SSSR count). The summed E-state index contributed by atoms with van der Waals surface area (Å²) in [4.78, 5) is 11.8. The number of nitrogens with one attached hydrogen (secondary N) is 2. The third-order valence-electron chi connectivity index (χ3n) is 2.69.